The van der Waals surface area contributed by atoms with E-state index in [9.17, 15) is 0 Å². The zero-order valence-corrected chi connectivity index (χ0v) is 18.8. The molecule has 3 nitrogen and oxygen atoms in total. The van der Waals surface area contributed by atoms with Crippen LogP contribution < -0.4 is 10.9 Å². The van der Waals surface area contributed by atoms with Crippen molar-refractivity contribution in [3.05, 3.63) is 109 Å². The zero-order chi connectivity index (χ0) is 22.7. The first-order valence-electron chi connectivity index (χ1n) is 12.1. The van der Waals surface area contributed by atoms with Gasteiger partial charge in [-0.05, 0) is 28.6 Å². The molecule has 2 aromatic heterocycles. The molecule has 2 aliphatic rings. The highest BCUT2D eigenvalue weighted by molar-refractivity contribution is 6.89. The largest absolute Gasteiger partial charge is 0.354 e. The normalized spacial score (nSPS) is 13.1. The predicted molar refractivity (Wildman–Crippen MR) is 145 cm³/mol. The smallest absolute Gasteiger partial charge is 0.310 e. The fraction of sp³-hybridized carbons (Fsp3) is 0. The van der Waals surface area contributed by atoms with Gasteiger partial charge in [0.05, 0.1) is 22.2 Å². The van der Waals surface area contributed by atoms with Gasteiger partial charge in [-0.3, -0.25) is 4.59 Å². The van der Waals surface area contributed by atoms with Gasteiger partial charge in [-0.25, -0.2) is 0 Å². The minimum atomic E-state index is 0.0385. The maximum atomic E-state index is 5.34. The Labute approximate surface area is 202 Å². The van der Waals surface area contributed by atoms with E-state index in [0.29, 0.717) is 0 Å². The molecule has 0 atom stereocenters. The monoisotopic (exact) mass is 443 g/mol. The first-order valence-corrected chi connectivity index (χ1v) is 12.1. The molecule has 0 saturated carbocycles. The van der Waals surface area contributed by atoms with Crippen molar-refractivity contribution in [1.82, 2.24) is 14.3 Å². The van der Waals surface area contributed by atoms with E-state index in [1.807, 2.05) is 0 Å². The second-order valence-electron chi connectivity index (χ2n) is 9.60. The lowest BCUT2D eigenvalue weighted by Gasteiger charge is -2.32. The summed E-state index contributed by atoms with van der Waals surface area (Å²) in [6, 6.07) is 39.5. The molecule has 4 heterocycles. The molecule has 0 fully saturated rings. The van der Waals surface area contributed by atoms with Gasteiger partial charge in [0.2, 0.25) is 0 Å². The highest BCUT2D eigenvalue weighted by Crippen LogP contribution is 2.41. The average molecular weight is 443 g/mol. The minimum absolute atomic E-state index is 0.0385. The summed E-state index contributed by atoms with van der Waals surface area (Å²) >= 11 is 0. The van der Waals surface area contributed by atoms with Crippen LogP contribution in [0.5, 0.6) is 0 Å². The SMILES string of the molecule is c1ccc(-c2nn3c4c(cccc24)-c2cccc4c2B3c2cccc3c5ccccc5n-4c23)cc1. The van der Waals surface area contributed by atoms with E-state index < -0.39 is 0 Å². The highest BCUT2D eigenvalue weighted by atomic mass is 15.2. The van der Waals surface area contributed by atoms with Crippen LogP contribution in [0.25, 0.3) is 60.8 Å². The van der Waals surface area contributed by atoms with Crippen LogP contribution >= 0.6 is 0 Å². The number of nitrogens with zero attached hydrogens (tertiary/aromatic N) is 3. The molecule has 0 spiro atoms. The molecule has 7 aromatic rings. The predicted octanol–water partition coefficient (Wildman–Crippen LogP) is 5.75. The molecule has 9 rings (SSSR count). The summed E-state index contributed by atoms with van der Waals surface area (Å²) in [5.74, 6) is 0. The van der Waals surface area contributed by atoms with Gasteiger partial charge in [0.25, 0.3) is 0 Å². The Kier molecular flexibility index (Phi) is 3.11. The van der Waals surface area contributed by atoms with Crippen LogP contribution in [0.3, 0.4) is 0 Å². The molecule has 0 radical (unpaired) electrons. The minimum Gasteiger partial charge on any atom is -0.310 e. The van der Waals surface area contributed by atoms with Crippen LogP contribution in [-0.2, 0) is 0 Å². The number of para-hydroxylation sites is 3. The summed E-state index contributed by atoms with van der Waals surface area (Å²) < 4.78 is 4.77. The Bertz CT molecular complexity index is 2010. The van der Waals surface area contributed by atoms with Gasteiger partial charge in [0.1, 0.15) is 0 Å². The van der Waals surface area contributed by atoms with E-state index in [2.05, 4.69) is 118 Å². The molecular formula is C31H18BN3. The van der Waals surface area contributed by atoms with Crippen LogP contribution in [0.4, 0.5) is 0 Å². The molecule has 0 unspecified atom stereocenters. The summed E-state index contributed by atoms with van der Waals surface area (Å²) in [6.07, 6.45) is 0. The summed E-state index contributed by atoms with van der Waals surface area (Å²) in [4.78, 5) is 0. The third-order valence-corrected chi connectivity index (χ3v) is 7.93. The van der Waals surface area contributed by atoms with Crippen molar-refractivity contribution < 1.29 is 0 Å². The Hall–Kier alpha value is -4.57. The molecule has 5 aromatic carbocycles. The van der Waals surface area contributed by atoms with E-state index >= 15 is 0 Å². The zero-order valence-electron chi connectivity index (χ0n) is 18.8. The first-order chi connectivity index (χ1) is 17.4. The first kappa shape index (κ1) is 17.9. The average Bonchev–Trinajstić information content (AvgIpc) is 3.47. The lowest BCUT2D eigenvalue weighted by Crippen LogP contribution is -2.55. The Morgan fingerprint density at radius 2 is 1.31 bits per heavy atom. The van der Waals surface area contributed by atoms with Crippen molar-refractivity contribution in [2.75, 3.05) is 0 Å². The van der Waals surface area contributed by atoms with Crippen LogP contribution in [0.1, 0.15) is 0 Å². The Balaban J connectivity index is 1.50. The highest BCUT2D eigenvalue weighted by Gasteiger charge is 2.41. The summed E-state index contributed by atoms with van der Waals surface area (Å²) in [5.41, 5.74) is 12.5. The van der Waals surface area contributed by atoms with Gasteiger partial charge in [-0.2, -0.15) is 5.10 Å². The number of benzene rings is 5. The quantitative estimate of drug-likeness (QED) is 0.297. The number of rotatable bonds is 1. The number of hydrogen-bond acceptors (Lipinski definition) is 1. The van der Waals surface area contributed by atoms with Gasteiger partial charge >= 0.3 is 6.85 Å². The molecule has 2 aliphatic heterocycles. The van der Waals surface area contributed by atoms with Crippen molar-refractivity contribution in [1.29, 1.82) is 0 Å². The van der Waals surface area contributed by atoms with E-state index in [0.717, 1.165) is 11.3 Å². The van der Waals surface area contributed by atoms with E-state index in [1.165, 1.54) is 60.4 Å². The second kappa shape index (κ2) is 6.11. The maximum absolute atomic E-state index is 5.34. The Morgan fingerprint density at radius 3 is 2.26 bits per heavy atom. The van der Waals surface area contributed by atoms with Gasteiger partial charge in [0, 0.05) is 33.0 Å². The fourth-order valence-electron chi connectivity index (χ4n) is 6.60. The van der Waals surface area contributed by atoms with E-state index in [-0.39, 0.29) is 6.85 Å². The van der Waals surface area contributed by atoms with Crippen molar-refractivity contribution >= 4 is 50.5 Å². The van der Waals surface area contributed by atoms with E-state index in [4.69, 9.17) is 5.10 Å². The summed E-state index contributed by atoms with van der Waals surface area (Å²) in [7, 11) is 0. The van der Waals surface area contributed by atoms with Gasteiger partial charge < -0.3 is 4.57 Å². The van der Waals surface area contributed by atoms with E-state index in [1.54, 1.807) is 0 Å². The summed E-state index contributed by atoms with van der Waals surface area (Å²) in [6.45, 7) is 0.0385. The van der Waals surface area contributed by atoms with Crippen molar-refractivity contribution in [3.8, 4) is 28.1 Å². The van der Waals surface area contributed by atoms with Crippen LogP contribution in [0.15, 0.2) is 109 Å². The Morgan fingerprint density at radius 1 is 0.571 bits per heavy atom. The topological polar surface area (TPSA) is 22.8 Å². The molecule has 35 heavy (non-hydrogen) atoms. The molecule has 0 saturated heterocycles. The molecule has 0 bridgehead atoms. The molecular weight excluding hydrogens is 425 g/mol. The van der Waals surface area contributed by atoms with Crippen molar-refractivity contribution in [3.63, 3.8) is 0 Å². The molecule has 160 valence electrons. The van der Waals surface area contributed by atoms with Crippen molar-refractivity contribution in [2.24, 2.45) is 0 Å². The van der Waals surface area contributed by atoms with Crippen LogP contribution in [0.2, 0.25) is 0 Å². The molecule has 0 N–H and O–H groups in total. The van der Waals surface area contributed by atoms with Gasteiger partial charge in [-0.1, -0.05) is 97.1 Å². The number of aromatic nitrogens is 3. The second-order valence-corrected chi connectivity index (χ2v) is 9.60. The molecule has 4 heteroatoms. The van der Waals surface area contributed by atoms with Crippen LogP contribution in [-0.4, -0.2) is 21.1 Å². The number of fused-ring (bicyclic) bond motifs is 7. The standard InChI is InChI=1S/C31H18BN3/c1-2-9-19(10-3-1)29-24-15-6-13-23-21-12-8-18-27-28(21)32(35(33-29)30(23)24)25-16-7-14-22-20-11-4-5-17-26(20)34(27)31(22)25/h1-18H. The van der Waals surface area contributed by atoms with Crippen LogP contribution in [0, 0.1) is 0 Å². The van der Waals surface area contributed by atoms with Gasteiger partial charge in [-0.15, -0.1) is 0 Å². The fourth-order valence-corrected chi connectivity index (χ4v) is 6.60. The lowest BCUT2D eigenvalue weighted by atomic mass is 9.46. The number of hydrogen-bond donors (Lipinski definition) is 0. The third-order valence-electron chi connectivity index (χ3n) is 7.93. The van der Waals surface area contributed by atoms with Gasteiger partial charge in [0.15, 0.2) is 0 Å². The molecule has 0 aliphatic carbocycles. The summed E-state index contributed by atoms with van der Waals surface area (Å²) in [5, 5.41) is 9.15. The molecule has 0 amide bonds. The van der Waals surface area contributed by atoms with Crippen molar-refractivity contribution in [2.45, 2.75) is 0 Å². The third kappa shape index (κ3) is 2.03. The lowest BCUT2D eigenvalue weighted by molar-refractivity contribution is 0.998. The maximum Gasteiger partial charge on any atom is 0.354 e.